The lowest BCUT2D eigenvalue weighted by molar-refractivity contribution is -0.0379. The molecular weight excluding hydrogens is 380 g/mol. The first-order valence-corrected chi connectivity index (χ1v) is 10.8. The Bertz CT molecular complexity index is 1070. The smallest absolute Gasteiger partial charge is 0.267 e. The van der Waals surface area contributed by atoms with Crippen molar-refractivity contribution in [3.05, 3.63) is 51.1 Å². The molecule has 5 rings (SSSR count). The summed E-state index contributed by atoms with van der Waals surface area (Å²) in [5, 5.41) is 1.48. The monoisotopic (exact) mass is 400 g/mol. The summed E-state index contributed by atoms with van der Waals surface area (Å²) >= 11 is 3.18. The third-order valence-electron chi connectivity index (χ3n) is 4.89. The Labute approximate surface area is 165 Å². The van der Waals surface area contributed by atoms with Gasteiger partial charge in [0.05, 0.1) is 36.0 Å². The first kappa shape index (κ1) is 17.4. The second-order valence-corrected chi connectivity index (χ2v) is 9.62. The van der Waals surface area contributed by atoms with Gasteiger partial charge in [0, 0.05) is 17.1 Å². The molecule has 0 bridgehead atoms. The van der Waals surface area contributed by atoms with Crippen molar-refractivity contribution in [3.8, 4) is 5.69 Å². The predicted molar refractivity (Wildman–Crippen MR) is 108 cm³/mol. The van der Waals surface area contributed by atoms with Gasteiger partial charge in [-0.25, -0.2) is 4.98 Å². The lowest BCUT2D eigenvalue weighted by atomic mass is 9.94. The zero-order valence-corrected chi connectivity index (χ0v) is 16.9. The Morgan fingerprint density at radius 3 is 2.85 bits per heavy atom. The molecule has 1 fully saturated rings. The fraction of sp³-hybridized carbons (Fsp3) is 0.400. The summed E-state index contributed by atoms with van der Waals surface area (Å²) in [6.45, 7) is 5.49. The maximum absolute atomic E-state index is 13.6. The van der Waals surface area contributed by atoms with E-state index < -0.39 is 0 Å². The van der Waals surface area contributed by atoms with Gasteiger partial charge in [-0.05, 0) is 31.5 Å². The molecule has 2 aliphatic heterocycles. The van der Waals surface area contributed by atoms with Gasteiger partial charge < -0.3 is 9.47 Å². The van der Waals surface area contributed by atoms with Gasteiger partial charge in [-0.1, -0.05) is 30.0 Å². The fourth-order valence-corrected chi connectivity index (χ4v) is 5.56. The van der Waals surface area contributed by atoms with E-state index in [1.807, 2.05) is 30.3 Å². The summed E-state index contributed by atoms with van der Waals surface area (Å²) in [6.07, 6.45) is 1.01. The lowest BCUT2D eigenvalue weighted by Crippen LogP contribution is -2.32. The Kier molecular flexibility index (Phi) is 4.16. The predicted octanol–water partition coefficient (Wildman–Crippen LogP) is 3.79. The molecule has 27 heavy (non-hydrogen) atoms. The number of thiophene rings is 1. The van der Waals surface area contributed by atoms with Crippen LogP contribution in [0, 0.1) is 0 Å². The SMILES string of the molecule is CC1(C)Cc2c(sc3nc(SC[C@H]4CO4)n(-c4ccccc4)c(=O)c23)CO1. The summed E-state index contributed by atoms with van der Waals surface area (Å²) in [4.78, 5) is 20.4. The van der Waals surface area contributed by atoms with Crippen LogP contribution in [0.1, 0.15) is 24.3 Å². The van der Waals surface area contributed by atoms with Crippen molar-refractivity contribution >= 4 is 33.3 Å². The van der Waals surface area contributed by atoms with Gasteiger partial charge in [0.1, 0.15) is 4.83 Å². The maximum atomic E-state index is 13.6. The second kappa shape index (κ2) is 6.44. The van der Waals surface area contributed by atoms with Crippen LogP contribution in [0.4, 0.5) is 0 Å². The number of hydrogen-bond donors (Lipinski definition) is 0. The Morgan fingerprint density at radius 1 is 1.33 bits per heavy atom. The molecular formula is C20H20N2O3S2. The molecule has 4 heterocycles. The van der Waals surface area contributed by atoms with E-state index in [2.05, 4.69) is 13.8 Å². The topological polar surface area (TPSA) is 56.7 Å². The van der Waals surface area contributed by atoms with Gasteiger partial charge in [-0.2, -0.15) is 0 Å². The fourth-order valence-electron chi connectivity index (χ4n) is 3.41. The van der Waals surface area contributed by atoms with Gasteiger partial charge in [0.25, 0.3) is 5.56 Å². The van der Waals surface area contributed by atoms with Crippen molar-refractivity contribution in [3.63, 3.8) is 0 Å². The van der Waals surface area contributed by atoms with Crippen molar-refractivity contribution in [2.75, 3.05) is 12.4 Å². The van der Waals surface area contributed by atoms with E-state index in [1.54, 1.807) is 27.7 Å². The number of rotatable bonds is 4. The molecule has 0 unspecified atom stereocenters. The van der Waals surface area contributed by atoms with Crippen LogP contribution < -0.4 is 5.56 Å². The van der Waals surface area contributed by atoms with E-state index in [9.17, 15) is 4.79 Å². The summed E-state index contributed by atoms with van der Waals surface area (Å²) in [5.74, 6) is 0.812. The number of aromatic nitrogens is 2. The van der Waals surface area contributed by atoms with Gasteiger partial charge in [0.2, 0.25) is 0 Å². The van der Waals surface area contributed by atoms with Crippen molar-refractivity contribution in [2.24, 2.45) is 0 Å². The van der Waals surface area contributed by atoms with E-state index in [0.717, 1.165) is 50.3 Å². The minimum absolute atomic E-state index is 0.0145. The molecule has 0 N–H and O–H groups in total. The average molecular weight is 401 g/mol. The summed E-state index contributed by atoms with van der Waals surface area (Å²) in [6, 6.07) is 9.77. The van der Waals surface area contributed by atoms with Gasteiger partial charge in [-0.15, -0.1) is 11.3 Å². The van der Waals surface area contributed by atoms with Crippen LogP contribution >= 0.6 is 23.1 Å². The van der Waals surface area contributed by atoms with E-state index in [4.69, 9.17) is 14.5 Å². The third kappa shape index (κ3) is 3.23. The summed E-state index contributed by atoms with van der Waals surface area (Å²) in [5.41, 5.74) is 1.71. The third-order valence-corrected chi connectivity index (χ3v) is 7.06. The number of fused-ring (bicyclic) bond motifs is 3. The van der Waals surface area contributed by atoms with Crippen LogP contribution in [0.15, 0.2) is 40.3 Å². The van der Waals surface area contributed by atoms with Crippen LogP contribution in [-0.2, 0) is 22.5 Å². The molecule has 0 aliphatic carbocycles. The highest BCUT2D eigenvalue weighted by atomic mass is 32.2. The highest BCUT2D eigenvalue weighted by Gasteiger charge is 2.32. The molecule has 1 atom stereocenters. The van der Waals surface area contributed by atoms with E-state index in [0.29, 0.717) is 6.61 Å². The molecule has 0 radical (unpaired) electrons. The van der Waals surface area contributed by atoms with E-state index in [-0.39, 0.29) is 17.3 Å². The number of nitrogens with zero attached hydrogens (tertiary/aromatic N) is 2. The summed E-state index contributed by atoms with van der Waals surface area (Å²) in [7, 11) is 0. The molecule has 0 amide bonds. The molecule has 7 heteroatoms. The lowest BCUT2D eigenvalue weighted by Gasteiger charge is -2.29. The maximum Gasteiger partial charge on any atom is 0.267 e. The highest BCUT2D eigenvalue weighted by molar-refractivity contribution is 7.99. The largest absolute Gasteiger partial charge is 0.372 e. The standard InChI is InChI=1S/C20H20N2O3S2/c1-20(2)8-14-15(10-25-20)27-17-16(14)18(23)22(12-6-4-3-5-7-12)19(21-17)26-11-13-9-24-13/h3-7,13H,8-11H2,1-2H3/t13-/m1/s1. The van der Waals surface area contributed by atoms with Crippen molar-refractivity contribution in [1.29, 1.82) is 0 Å². The van der Waals surface area contributed by atoms with Crippen LogP contribution in [-0.4, -0.2) is 33.6 Å². The van der Waals surface area contributed by atoms with Crippen LogP contribution in [0.25, 0.3) is 15.9 Å². The molecule has 3 aromatic rings. The number of thioether (sulfide) groups is 1. The minimum atomic E-state index is -0.262. The van der Waals surface area contributed by atoms with E-state index in [1.165, 1.54) is 0 Å². The quantitative estimate of drug-likeness (QED) is 0.379. The molecule has 2 aromatic heterocycles. The number of benzene rings is 1. The van der Waals surface area contributed by atoms with Crippen LogP contribution in [0.2, 0.25) is 0 Å². The Balaban J connectivity index is 1.72. The van der Waals surface area contributed by atoms with Crippen molar-refractivity contribution < 1.29 is 9.47 Å². The molecule has 140 valence electrons. The molecule has 1 aromatic carbocycles. The second-order valence-electron chi connectivity index (χ2n) is 7.55. The minimum Gasteiger partial charge on any atom is -0.372 e. The number of para-hydroxylation sites is 1. The number of ether oxygens (including phenoxy) is 2. The van der Waals surface area contributed by atoms with Crippen molar-refractivity contribution in [2.45, 2.75) is 43.7 Å². The normalized spacial score (nSPS) is 20.6. The zero-order valence-electron chi connectivity index (χ0n) is 15.2. The Hall–Kier alpha value is -1.67. The number of hydrogen-bond acceptors (Lipinski definition) is 6. The highest BCUT2D eigenvalue weighted by Crippen LogP contribution is 2.38. The van der Waals surface area contributed by atoms with Crippen LogP contribution in [0.5, 0.6) is 0 Å². The molecule has 0 spiro atoms. The molecule has 5 nitrogen and oxygen atoms in total. The average Bonchev–Trinajstić information content (AvgIpc) is 3.40. The van der Waals surface area contributed by atoms with Crippen LogP contribution in [0.3, 0.4) is 0 Å². The molecule has 1 saturated heterocycles. The zero-order chi connectivity index (χ0) is 18.6. The summed E-state index contributed by atoms with van der Waals surface area (Å²) < 4.78 is 13.0. The van der Waals surface area contributed by atoms with Gasteiger partial charge >= 0.3 is 0 Å². The van der Waals surface area contributed by atoms with Gasteiger partial charge in [0.15, 0.2) is 5.16 Å². The molecule has 0 saturated carbocycles. The van der Waals surface area contributed by atoms with E-state index >= 15 is 0 Å². The number of epoxide rings is 1. The van der Waals surface area contributed by atoms with Crippen molar-refractivity contribution in [1.82, 2.24) is 9.55 Å². The van der Waals surface area contributed by atoms with Gasteiger partial charge in [-0.3, -0.25) is 9.36 Å². The first-order valence-electron chi connectivity index (χ1n) is 9.03. The first-order chi connectivity index (χ1) is 13.0. The Morgan fingerprint density at radius 2 is 2.11 bits per heavy atom. The molecule has 2 aliphatic rings.